The third kappa shape index (κ3) is 7.61. The second-order valence-electron chi connectivity index (χ2n) is 7.46. The highest BCUT2D eigenvalue weighted by molar-refractivity contribution is 14.1. The summed E-state index contributed by atoms with van der Waals surface area (Å²) in [7, 11) is 1.57. The maximum Gasteiger partial charge on any atom is 0.261 e. The lowest BCUT2D eigenvalue weighted by Crippen LogP contribution is -2.25. The molecule has 0 aromatic heterocycles. The summed E-state index contributed by atoms with van der Waals surface area (Å²) in [5, 5.41) is 12.4. The molecule has 7 heteroatoms. The fourth-order valence-corrected chi connectivity index (χ4v) is 4.29. The number of amides is 1. The van der Waals surface area contributed by atoms with E-state index < -0.39 is 0 Å². The van der Waals surface area contributed by atoms with E-state index in [-0.39, 0.29) is 11.5 Å². The number of hydrogen-bond acceptors (Lipinski definition) is 4. The maximum atomic E-state index is 12.5. The Balaban J connectivity index is 1.65. The van der Waals surface area contributed by atoms with Gasteiger partial charge >= 0.3 is 0 Å². The van der Waals surface area contributed by atoms with Gasteiger partial charge in [0.25, 0.3) is 5.91 Å². The number of rotatable bonds is 10. The Morgan fingerprint density at radius 1 is 1.12 bits per heavy atom. The molecule has 0 spiro atoms. The average Bonchev–Trinajstić information content (AvgIpc) is 2.85. The number of aryl methyl sites for hydroxylation is 1. The first-order valence-electron chi connectivity index (χ1n) is 10.7. The summed E-state index contributed by atoms with van der Waals surface area (Å²) in [5.74, 6) is 0.767. The monoisotopic (exact) mass is 630 g/mol. The van der Waals surface area contributed by atoms with Crippen LogP contribution in [-0.2, 0) is 17.8 Å². The number of nitrogens with one attached hydrogen (secondary N) is 1. The van der Waals surface area contributed by atoms with E-state index in [4.69, 9.17) is 9.47 Å². The van der Waals surface area contributed by atoms with Gasteiger partial charge in [0, 0.05) is 11.0 Å². The van der Waals surface area contributed by atoms with Crippen LogP contribution < -0.4 is 14.8 Å². The Labute approximate surface area is 222 Å². The summed E-state index contributed by atoms with van der Waals surface area (Å²) in [6, 6.07) is 23.6. The van der Waals surface area contributed by atoms with Gasteiger partial charge in [-0.15, -0.1) is 0 Å². The molecule has 3 aromatic carbocycles. The molecule has 0 bridgehead atoms. The van der Waals surface area contributed by atoms with Gasteiger partial charge in [0.15, 0.2) is 11.5 Å². The Kier molecular flexibility index (Phi) is 9.98. The van der Waals surface area contributed by atoms with E-state index in [0.29, 0.717) is 30.2 Å². The Morgan fingerprint density at radius 3 is 2.53 bits per heavy atom. The normalized spacial score (nSPS) is 10.9. The predicted octanol–water partition coefficient (Wildman–Crippen LogP) is 6.30. The molecule has 1 N–H and O–H groups in total. The number of halogens is 2. The minimum atomic E-state index is -0.389. The molecule has 0 aliphatic carbocycles. The Morgan fingerprint density at radius 2 is 1.85 bits per heavy atom. The first-order valence-corrected chi connectivity index (χ1v) is 12.6. The van der Waals surface area contributed by atoms with Crippen LogP contribution in [0.1, 0.15) is 23.1 Å². The molecule has 0 fully saturated rings. The standard InChI is InChI=1S/C27H24BrIN2O3/c1-33-25-16-21(15-24(29)26(25)34-18-20-9-11-23(28)12-10-20)14-22(17-30)27(32)31-13-5-8-19-6-3-2-4-7-19/h2-4,6-7,9-12,14-16H,5,8,13,18H2,1H3,(H,31,32)/b22-14-. The number of hydrogen-bond donors (Lipinski definition) is 1. The summed E-state index contributed by atoms with van der Waals surface area (Å²) < 4.78 is 13.4. The number of ether oxygens (including phenoxy) is 2. The van der Waals surface area contributed by atoms with E-state index in [1.54, 1.807) is 19.3 Å². The fourth-order valence-electron chi connectivity index (χ4n) is 3.25. The van der Waals surface area contributed by atoms with E-state index in [9.17, 15) is 10.1 Å². The highest BCUT2D eigenvalue weighted by Crippen LogP contribution is 2.35. The van der Waals surface area contributed by atoms with Crippen LogP contribution in [0, 0.1) is 14.9 Å². The van der Waals surface area contributed by atoms with E-state index in [1.165, 1.54) is 5.56 Å². The van der Waals surface area contributed by atoms with Gasteiger partial charge in [0.2, 0.25) is 0 Å². The van der Waals surface area contributed by atoms with Crippen LogP contribution in [-0.4, -0.2) is 19.6 Å². The Hall–Kier alpha value is -2.83. The van der Waals surface area contributed by atoms with Gasteiger partial charge in [-0.3, -0.25) is 4.79 Å². The van der Waals surface area contributed by atoms with Gasteiger partial charge < -0.3 is 14.8 Å². The van der Waals surface area contributed by atoms with Crippen molar-refractivity contribution in [2.24, 2.45) is 0 Å². The fraction of sp³-hybridized carbons (Fsp3) is 0.185. The minimum absolute atomic E-state index is 0.0427. The molecule has 5 nitrogen and oxygen atoms in total. The molecule has 0 aliphatic heterocycles. The van der Waals surface area contributed by atoms with Crippen molar-refractivity contribution in [2.45, 2.75) is 19.4 Å². The number of methoxy groups -OCH3 is 1. The van der Waals surface area contributed by atoms with Crippen molar-refractivity contribution < 1.29 is 14.3 Å². The minimum Gasteiger partial charge on any atom is -0.493 e. The van der Waals surface area contributed by atoms with Crippen LogP contribution in [0.5, 0.6) is 11.5 Å². The molecule has 0 aliphatic rings. The molecule has 34 heavy (non-hydrogen) atoms. The van der Waals surface area contributed by atoms with Crippen LogP contribution in [0.25, 0.3) is 6.08 Å². The van der Waals surface area contributed by atoms with E-state index in [0.717, 1.165) is 26.4 Å². The van der Waals surface area contributed by atoms with Gasteiger partial charge in [-0.05, 0) is 82.5 Å². The van der Waals surface area contributed by atoms with Crippen molar-refractivity contribution in [2.75, 3.05) is 13.7 Å². The van der Waals surface area contributed by atoms with Crippen molar-refractivity contribution in [3.8, 4) is 17.6 Å². The van der Waals surface area contributed by atoms with Gasteiger partial charge in [-0.25, -0.2) is 0 Å². The molecular formula is C27H24BrIN2O3. The highest BCUT2D eigenvalue weighted by atomic mass is 127. The Bertz CT molecular complexity index is 1190. The van der Waals surface area contributed by atoms with Crippen LogP contribution in [0.3, 0.4) is 0 Å². The molecule has 1 amide bonds. The van der Waals surface area contributed by atoms with Crippen molar-refractivity contribution in [3.05, 3.63) is 97.0 Å². The second-order valence-corrected chi connectivity index (χ2v) is 9.54. The topological polar surface area (TPSA) is 71.3 Å². The zero-order valence-electron chi connectivity index (χ0n) is 18.7. The molecule has 174 valence electrons. The first-order chi connectivity index (χ1) is 16.5. The second kappa shape index (κ2) is 13.2. The predicted molar refractivity (Wildman–Crippen MR) is 146 cm³/mol. The summed E-state index contributed by atoms with van der Waals surface area (Å²) in [4.78, 5) is 12.5. The quantitative estimate of drug-likeness (QED) is 0.124. The maximum absolute atomic E-state index is 12.5. The SMILES string of the molecule is COc1cc(/C=C(/C#N)C(=O)NCCCc2ccccc2)cc(I)c1OCc1ccc(Br)cc1. The molecule has 3 aromatic rings. The van der Waals surface area contributed by atoms with Gasteiger partial charge in [0.1, 0.15) is 18.2 Å². The highest BCUT2D eigenvalue weighted by Gasteiger charge is 2.14. The lowest BCUT2D eigenvalue weighted by atomic mass is 10.1. The average molecular weight is 631 g/mol. The van der Waals surface area contributed by atoms with Gasteiger partial charge in [0.05, 0.1) is 10.7 Å². The number of carbonyl (C=O) groups is 1. The molecule has 0 saturated carbocycles. The van der Waals surface area contributed by atoms with Crippen molar-refractivity contribution in [3.63, 3.8) is 0 Å². The molecular weight excluding hydrogens is 607 g/mol. The third-order valence-electron chi connectivity index (χ3n) is 4.99. The zero-order valence-corrected chi connectivity index (χ0v) is 22.4. The van der Waals surface area contributed by atoms with Crippen LogP contribution in [0.15, 0.2) is 76.8 Å². The lowest BCUT2D eigenvalue weighted by Gasteiger charge is -2.14. The molecule has 3 rings (SSSR count). The van der Waals surface area contributed by atoms with Crippen molar-refractivity contribution in [1.82, 2.24) is 5.32 Å². The summed E-state index contributed by atoms with van der Waals surface area (Å²) >= 11 is 5.59. The van der Waals surface area contributed by atoms with Crippen LogP contribution in [0.2, 0.25) is 0 Å². The number of carbonyl (C=O) groups excluding carboxylic acids is 1. The smallest absolute Gasteiger partial charge is 0.261 e. The van der Waals surface area contributed by atoms with Crippen molar-refractivity contribution in [1.29, 1.82) is 5.26 Å². The summed E-state index contributed by atoms with van der Waals surface area (Å²) in [6.45, 7) is 0.889. The van der Waals surface area contributed by atoms with Gasteiger partial charge in [-0.1, -0.05) is 58.4 Å². The summed E-state index contributed by atoms with van der Waals surface area (Å²) in [5.41, 5.74) is 2.98. The molecule has 0 unspecified atom stereocenters. The lowest BCUT2D eigenvalue weighted by molar-refractivity contribution is -0.117. The summed E-state index contributed by atoms with van der Waals surface area (Å²) in [6.07, 6.45) is 3.23. The van der Waals surface area contributed by atoms with E-state index >= 15 is 0 Å². The first kappa shape index (κ1) is 25.8. The van der Waals surface area contributed by atoms with E-state index in [2.05, 4.69) is 56.0 Å². The van der Waals surface area contributed by atoms with Gasteiger partial charge in [-0.2, -0.15) is 5.26 Å². The third-order valence-corrected chi connectivity index (χ3v) is 6.32. The molecule has 0 atom stereocenters. The molecule has 0 radical (unpaired) electrons. The molecule has 0 saturated heterocycles. The largest absolute Gasteiger partial charge is 0.493 e. The molecule has 0 heterocycles. The zero-order chi connectivity index (χ0) is 24.3. The number of nitrogens with zero attached hydrogens (tertiary/aromatic N) is 1. The van der Waals surface area contributed by atoms with Crippen molar-refractivity contribution >= 4 is 50.5 Å². The number of nitriles is 1. The number of benzene rings is 3. The van der Waals surface area contributed by atoms with Crippen LogP contribution >= 0.6 is 38.5 Å². The van der Waals surface area contributed by atoms with E-state index in [1.807, 2.05) is 54.6 Å². The van der Waals surface area contributed by atoms with Crippen LogP contribution in [0.4, 0.5) is 0 Å².